The zero-order valence-corrected chi connectivity index (χ0v) is 13.2. The quantitative estimate of drug-likeness (QED) is 0.677. The molecule has 0 radical (unpaired) electrons. The normalized spacial score (nSPS) is 11.6. The molecule has 0 fully saturated rings. The van der Waals surface area contributed by atoms with Crippen LogP contribution in [0.5, 0.6) is 0 Å². The molecule has 23 heavy (non-hydrogen) atoms. The van der Waals surface area contributed by atoms with Crippen molar-refractivity contribution < 1.29 is 17.9 Å². The second-order valence-corrected chi connectivity index (χ2v) is 6.97. The van der Waals surface area contributed by atoms with Crippen LogP contribution in [0.1, 0.15) is 10.4 Å². The molecule has 118 valence electrons. The molecule has 2 heterocycles. The summed E-state index contributed by atoms with van der Waals surface area (Å²) in [5.41, 5.74) is 2.13. The van der Waals surface area contributed by atoms with E-state index in [4.69, 9.17) is 4.74 Å². The van der Waals surface area contributed by atoms with Crippen molar-refractivity contribution in [1.82, 2.24) is 14.6 Å². The largest absolute Gasteiger partial charge is 0.465 e. The van der Waals surface area contributed by atoms with Crippen molar-refractivity contribution in [2.45, 2.75) is 4.90 Å². The van der Waals surface area contributed by atoms with E-state index in [0.29, 0.717) is 11.2 Å². The third-order valence-electron chi connectivity index (χ3n) is 3.40. The number of benzene rings is 1. The fraction of sp³-hybridized carbons (Fsp3) is 0.133. The van der Waals surface area contributed by atoms with Crippen LogP contribution in [-0.2, 0) is 14.6 Å². The summed E-state index contributed by atoms with van der Waals surface area (Å²) in [7, 11) is -1.96. The van der Waals surface area contributed by atoms with Crippen molar-refractivity contribution in [3.63, 3.8) is 0 Å². The van der Waals surface area contributed by atoms with Crippen LogP contribution >= 0.6 is 0 Å². The average Bonchev–Trinajstić information content (AvgIpc) is 3.01. The number of aromatic nitrogens is 3. The first-order valence-electron chi connectivity index (χ1n) is 6.62. The van der Waals surface area contributed by atoms with E-state index in [2.05, 4.69) is 10.1 Å². The summed E-state index contributed by atoms with van der Waals surface area (Å²) in [5, 5.41) is 4.04. The standard InChI is InChI=1S/C15H13N3O4S/c1-22-15(19)13-7-11(8-18-14(13)16-9-17-18)10-3-5-12(6-4-10)23(2,20)21/h3-9H,1-2H3. The summed E-state index contributed by atoms with van der Waals surface area (Å²) in [6.07, 6.45) is 4.21. The Hall–Kier alpha value is -2.74. The van der Waals surface area contributed by atoms with Crippen molar-refractivity contribution in [2.24, 2.45) is 0 Å². The molecule has 0 amide bonds. The third kappa shape index (κ3) is 2.80. The number of methoxy groups -OCH3 is 1. The number of esters is 1. The van der Waals surface area contributed by atoms with Crippen LogP contribution in [0, 0.1) is 0 Å². The van der Waals surface area contributed by atoms with Gasteiger partial charge in [0.05, 0.1) is 12.0 Å². The Kier molecular flexibility index (Phi) is 3.61. The van der Waals surface area contributed by atoms with Crippen LogP contribution in [-0.4, -0.2) is 42.4 Å². The van der Waals surface area contributed by atoms with E-state index in [0.717, 1.165) is 11.8 Å². The van der Waals surface area contributed by atoms with E-state index >= 15 is 0 Å². The van der Waals surface area contributed by atoms with Gasteiger partial charge in [-0.05, 0) is 23.8 Å². The van der Waals surface area contributed by atoms with Gasteiger partial charge in [0.2, 0.25) is 0 Å². The topological polar surface area (TPSA) is 90.6 Å². The molecule has 1 aromatic carbocycles. The van der Waals surface area contributed by atoms with Crippen LogP contribution in [0.3, 0.4) is 0 Å². The van der Waals surface area contributed by atoms with Gasteiger partial charge in [0, 0.05) is 18.0 Å². The van der Waals surface area contributed by atoms with Gasteiger partial charge in [-0.1, -0.05) is 12.1 Å². The van der Waals surface area contributed by atoms with Gasteiger partial charge in [-0.2, -0.15) is 5.10 Å². The molecule has 7 nitrogen and oxygen atoms in total. The summed E-state index contributed by atoms with van der Waals surface area (Å²) in [5.74, 6) is -0.516. The second kappa shape index (κ2) is 5.47. The number of fused-ring (bicyclic) bond motifs is 1. The van der Waals surface area contributed by atoms with Crippen LogP contribution < -0.4 is 0 Å². The molecule has 3 rings (SSSR count). The van der Waals surface area contributed by atoms with Gasteiger partial charge in [0.1, 0.15) is 11.9 Å². The van der Waals surface area contributed by atoms with Gasteiger partial charge in [0.25, 0.3) is 0 Å². The van der Waals surface area contributed by atoms with Gasteiger partial charge < -0.3 is 4.74 Å². The Balaban J connectivity index is 2.14. The molecule has 0 unspecified atom stereocenters. The van der Waals surface area contributed by atoms with E-state index in [9.17, 15) is 13.2 Å². The zero-order chi connectivity index (χ0) is 16.6. The summed E-state index contributed by atoms with van der Waals surface area (Å²) >= 11 is 0. The van der Waals surface area contributed by atoms with Crippen molar-refractivity contribution >= 4 is 21.5 Å². The van der Waals surface area contributed by atoms with E-state index in [1.165, 1.54) is 30.1 Å². The lowest BCUT2D eigenvalue weighted by atomic mass is 10.1. The highest BCUT2D eigenvalue weighted by Gasteiger charge is 2.15. The second-order valence-electron chi connectivity index (χ2n) is 4.96. The van der Waals surface area contributed by atoms with Gasteiger partial charge in [-0.3, -0.25) is 0 Å². The Bertz CT molecular complexity index is 991. The number of ether oxygens (including phenoxy) is 1. The Morgan fingerprint density at radius 1 is 1.17 bits per heavy atom. The Labute approximate surface area is 132 Å². The lowest BCUT2D eigenvalue weighted by molar-refractivity contribution is 0.0602. The van der Waals surface area contributed by atoms with Crippen molar-refractivity contribution in [3.05, 3.63) is 48.4 Å². The average molecular weight is 331 g/mol. The van der Waals surface area contributed by atoms with Gasteiger partial charge in [0.15, 0.2) is 15.5 Å². The van der Waals surface area contributed by atoms with E-state index in [1.54, 1.807) is 24.4 Å². The first kappa shape index (κ1) is 15.2. The van der Waals surface area contributed by atoms with Crippen LogP contribution in [0.2, 0.25) is 0 Å². The molecule has 0 aliphatic carbocycles. The highest BCUT2D eigenvalue weighted by molar-refractivity contribution is 7.90. The van der Waals surface area contributed by atoms with Crippen LogP contribution in [0.4, 0.5) is 0 Å². The monoisotopic (exact) mass is 331 g/mol. The molecule has 8 heteroatoms. The van der Waals surface area contributed by atoms with Crippen molar-refractivity contribution in [3.8, 4) is 11.1 Å². The number of rotatable bonds is 3. The highest BCUT2D eigenvalue weighted by atomic mass is 32.2. The predicted molar refractivity (Wildman–Crippen MR) is 82.9 cm³/mol. The zero-order valence-electron chi connectivity index (χ0n) is 12.4. The molecule has 3 aromatic rings. The highest BCUT2D eigenvalue weighted by Crippen LogP contribution is 2.24. The maximum Gasteiger partial charge on any atom is 0.341 e. The minimum absolute atomic E-state index is 0.233. The number of nitrogens with zero attached hydrogens (tertiary/aromatic N) is 3. The summed E-state index contributed by atoms with van der Waals surface area (Å²) < 4.78 is 29.3. The van der Waals surface area contributed by atoms with Crippen LogP contribution in [0.25, 0.3) is 16.8 Å². The molecular formula is C15H13N3O4S. The van der Waals surface area contributed by atoms with Gasteiger partial charge >= 0.3 is 5.97 Å². The fourth-order valence-corrected chi connectivity index (χ4v) is 2.87. The molecule has 0 N–H and O–H groups in total. The molecular weight excluding hydrogens is 318 g/mol. The maximum absolute atomic E-state index is 11.9. The Morgan fingerprint density at radius 2 is 1.87 bits per heavy atom. The van der Waals surface area contributed by atoms with E-state index in [1.807, 2.05) is 0 Å². The van der Waals surface area contributed by atoms with Crippen molar-refractivity contribution in [1.29, 1.82) is 0 Å². The summed E-state index contributed by atoms with van der Waals surface area (Å²) in [4.78, 5) is 16.2. The maximum atomic E-state index is 11.9. The number of carbonyl (C=O) groups is 1. The van der Waals surface area contributed by atoms with E-state index < -0.39 is 15.8 Å². The Morgan fingerprint density at radius 3 is 2.48 bits per heavy atom. The first-order chi connectivity index (χ1) is 10.9. The first-order valence-corrected chi connectivity index (χ1v) is 8.51. The van der Waals surface area contributed by atoms with Gasteiger partial charge in [-0.25, -0.2) is 22.7 Å². The van der Waals surface area contributed by atoms with Gasteiger partial charge in [-0.15, -0.1) is 0 Å². The van der Waals surface area contributed by atoms with Crippen molar-refractivity contribution in [2.75, 3.05) is 13.4 Å². The third-order valence-corrected chi connectivity index (χ3v) is 4.52. The number of hydrogen-bond donors (Lipinski definition) is 0. The molecule has 0 aliphatic rings. The predicted octanol–water partition coefficient (Wildman–Crippen LogP) is 1.59. The summed E-state index contributed by atoms with van der Waals surface area (Å²) in [6.45, 7) is 0. The fourth-order valence-electron chi connectivity index (χ4n) is 2.24. The number of hydrogen-bond acceptors (Lipinski definition) is 6. The minimum Gasteiger partial charge on any atom is -0.465 e. The lowest BCUT2D eigenvalue weighted by Gasteiger charge is -2.07. The number of sulfone groups is 1. The molecule has 0 saturated heterocycles. The number of carbonyl (C=O) groups excluding carboxylic acids is 1. The molecule has 0 atom stereocenters. The van der Waals surface area contributed by atoms with E-state index in [-0.39, 0.29) is 10.5 Å². The smallest absolute Gasteiger partial charge is 0.341 e. The van der Waals surface area contributed by atoms with Crippen LogP contribution in [0.15, 0.2) is 47.8 Å². The minimum atomic E-state index is -3.25. The molecule has 0 aliphatic heterocycles. The lowest BCUT2D eigenvalue weighted by Crippen LogP contribution is -2.05. The summed E-state index contributed by atoms with van der Waals surface area (Å²) in [6, 6.07) is 8.04. The molecule has 0 spiro atoms. The molecule has 2 aromatic heterocycles. The molecule has 0 bridgehead atoms. The molecule has 0 saturated carbocycles. The number of pyridine rings is 1. The SMILES string of the molecule is COC(=O)c1cc(-c2ccc(S(C)(=O)=O)cc2)cn2ncnc12.